The van der Waals surface area contributed by atoms with Gasteiger partial charge >= 0.3 is 0 Å². The molecule has 0 fully saturated rings. The number of amides is 1. The summed E-state index contributed by atoms with van der Waals surface area (Å²) >= 11 is 3.41. The fraction of sp³-hybridized carbons (Fsp3) is 0.533. The fourth-order valence-electron chi connectivity index (χ4n) is 1.67. The third kappa shape index (κ3) is 5.21. The van der Waals surface area contributed by atoms with Crippen LogP contribution in [0.25, 0.3) is 0 Å². The number of methoxy groups -OCH3 is 1. The zero-order chi connectivity index (χ0) is 16.0. The molecule has 0 saturated carbocycles. The quantitative estimate of drug-likeness (QED) is 0.785. The fourth-order valence-corrected chi connectivity index (χ4v) is 2.27. The van der Waals surface area contributed by atoms with Crippen LogP contribution in [0.15, 0.2) is 16.6 Å². The lowest BCUT2D eigenvalue weighted by Crippen LogP contribution is -2.44. The number of carbonyl (C=O) groups is 1. The molecule has 0 unspecified atom stereocenters. The first-order chi connectivity index (χ1) is 9.82. The van der Waals surface area contributed by atoms with E-state index in [0.29, 0.717) is 22.5 Å². The minimum Gasteiger partial charge on any atom is -0.493 e. The van der Waals surface area contributed by atoms with Crippen molar-refractivity contribution in [1.82, 2.24) is 5.32 Å². The molecule has 1 aromatic carbocycles. The molecule has 5 nitrogen and oxygen atoms in total. The monoisotopic (exact) mass is 358 g/mol. The number of rotatable bonds is 7. The first-order valence-corrected chi connectivity index (χ1v) is 7.62. The largest absolute Gasteiger partial charge is 0.493 e. The van der Waals surface area contributed by atoms with E-state index in [4.69, 9.17) is 15.2 Å². The number of nitrogens with one attached hydrogen (secondary N) is 1. The second-order valence-electron chi connectivity index (χ2n) is 5.39. The summed E-state index contributed by atoms with van der Waals surface area (Å²) in [5.41, 5.74) is 6.29. The van der Waals surface area contributed by atoms with E-state index < -0.39 is 0 Å². The highest BCUT2D eigenvalue weighted by Crippen LogP contribution is 2.36. The first kappa shape index (κ1) is 17.8. The lowest BCUT2D eigenvalue weighted by molar-refractivity contribution is -0.124. The molecule has 0 aromatic heterocycles. The molecular weight excluding hydrogens is 336 g/mol. The van der Waals surface area contributed by atoms with Crippen LogP contribution < -0.4 is 20.5 Å². The summed E-state index contributed by atoms with van der Waals surface area (Å²) in [4.78, 5) is 11.9. The van der Waals surface area contributed by atoms with Gasteiger partial charge in [-0.25, -0.2) is 0 Å². The van der Waals surface area contributed by atoms with Gasteiger partial charge in [0.25, 0.3) is 5.91 Å². The highest BCUT2D eigenvalue weighted by atomic mass is 79.9. The zero-order valence-electron chi connectivity index (χ0n) is 13.0. The van der Waals surface area contributed by atoms with E-state index in [9.17, 15) is 4.79 Å². The van der Waals surface area contributed by atoms with Gasteiger partial charge < -0.3 is 20.5 Å². The molecule has 118 valence electrons. The average Bonchev–Trinajstić information content (AvgIpc) is 2.44. The molecule has 1 rings (SSSR count). The number of halogens is 1. The maximum absolute atomic E-state index is 11.9. The summed E-state index contributed by atoms with van der Waals surface area (Å²) in [6.07, 6.45) is 0.844. The molecule has 1 aromatic rings. The van der Waals surface area contributed by atoms with Gasteiger partial charge in [-0.3, -0.25) is 4.79 Å². The van der Waals surface area contributed by atoms with Crippen molar-refractivity contribution in [2.24, 2.45) is 5.73 Å². The summed E-state index contributed by atoms with van der Waals surface area (Å²) in [7, 11) is 1.55. The van der Waals surface area contributed by atoms with Gasteiger partial charge in [-0.05, 0) is 53.9 Å². The molecule has 1 amide bonds. The lowest BCUT2D eigenvalue weighted by atomic mass is 10.0. The van der Waals surface area contributed by atoms with E-state index in [1.807, 2.05) is 26.8 Å². The Morgan fingerprint density at radius 2 is 2.10 bits per heavy atom. The van der Waals surface area contributed by atoms with Gasteiger partial charge in [0.1, 0.15) is 0 Å². The van der Waals surface area contributed by atoms with Crippen LogP contribution in [-0.2, 0) is 11.3 Å². The van der Waals surface area contributed by atoms with E-state index in [-0.39, 0.29) is 18.1 Å². The van der Waals surface area contributed by atoms with Crippen molar-refractivity contribution in [3.63, 3.8) is 0 Å². The van der Waals surface area contributed by atoms with Crippen molar-refractivity contribution in [3.8, 4) is 11.5 Å². The predicted octanol–water partition coefficient (Wildman–Crippen LogP) is 2.60. The molecule has 0 atom stereocenters. The van der Waals surface area contributed by atoms with Crippen molar-refractivity contribution >= 4 is 21.8 Å². The third-order valence-electron chi connectivity index (χ3n) is 3.23. The Balaban J connectivity index is 2.77. The number of hydrogen-bond donors (Lipinski definition) is 2. The molecule has 0 aliphatic heterocycles. The van der Waals surface area contributed by atoms with Crippen LogP contribution in [-0.4, -0.2) is 25.2 Å². The summed E-state index contributed by atoms with van der Waals surface area (Å²) in [6.45, 7) is 6.29. The van der Waals surface area contributed by atoms with E-state index >= 15 is 0 Å². The predicted molar refractivity (Wildman–Crippen MR) is 86.6 cm³/mol. The molecule has 0 saturated heterocycles. The second-order valence-corrected chi connectivity index (χ2v) is 6.24. The van der Waals surface area contributed by atoms with Crippen molar-refractivity contribution in [2.75, 3.05) is 13.7 Å². The Morgan fingerprint density at radius 3 is 2.62 bits per heavy atom. The minimum absolute atomic E-state index is 0.0691. The zero-order valence-corrected chi connectivity index (χ0v) is 14.5. The van der Waals surface area contributed by atoms with Crippen LogP contribution >= 0.6 is 15.9 Å². The Labute approximate surface area is 134 Å². The number of carbonyl (C=O) groups excluding carboxylic acids is 1. The van der Waals surface area contributed by atoms with Crippen LogP contribution in [0, 0.1) is 0 Å². The number of ether oxygens (including phenoxy) is 2. The van der Waals surface area contributed by atoms with Crippen molar-refractivity contribution in [1.29, 1.82) is 0 Å². The highest BCUT2D eigenvalue weighted by molar-refractivity contribution is 9.10. The standard InChI is InChI=1S/C15H23BrN2O3/c1-5-15(2,3)18-13(19)9-21-14-11(16)6-10(8-17)7-12(14)20-4/h6-7H,5,8-9,17H2,1-4H3,(H,18,19). The van der Waals surface area contributed by atoms with E-state index in [1.165, 1.54) is 0 Å². The summed E-state index contributed by atoms with van der Waals surface area (Å²) in [6, 6.07) is 3.65. The summed E-state index contributed by atoms with van der Waals surface area (Å²) in [5.74, 6) is 0.880. The van der Waals surface area contributed by atoms with Gasteiger partial charge in [-0.1, -0.05) is 6.92 Å². The van der Waals surface area contributed by atoms with E-state index in [1.54, 1.807) is 13.2 Å². The maximum atomic E-state index is 11.9. The van der Waals surface area contributed by atoms with Gasteiger partial charge in [-0.2, -0.15) is 0 Å². The average molecular weight is 359 g/mol. The summed E-state index contributed by atoms with van der Waals surface area (Å²) < 4.78 is 11.6. The van der Waals surface area contributed by atoms with Crippen LogP contribution in [0.5, 0.6) is 11.5 Å². The Bertz CT molecular complexity index is 504. The number of nitrogens with two attached hydrogens (primary N) is 1. The molecular formula is C15H23BrN2O3. The third-order valence-corrected chi connectivity index (χ3v) is 3.82. The van der Waals surface area contributed by atoms with Gasteiger partial charge in [0.2, 0.25) is 0 Å². The summed E-state index contributed by atoms with van der Waals surface area (Å²) in [5, 5.41) is 2.92. The van der Waals surface area contributed by atoms with Crippen LogP contribution in [0.1, 0.15) is 32.8 Å². The molecule has 6 heteroatoms. The molecule has 0 heterocycles. The smallest absolute Gasteiger partial charge is 0.258 e. The molecule has 21 heavy (non-hydrogen) atoms. The maximum Gasteiger partial charge on any atom is 0.258 e. The molecule has 0 aliphatic rings. The SMILES string of the molecule is CCC(C)(C)NC(=O)COc1c(Br)cc(CN)cc1OC. The first-order valence-electron chi connectivity index (χ1n) is 6.83. The van der Waals surface area contributed by atoms with Gasteiger partial charge in [0.15, 0.2) is 18.1 Å². The molecule has 3 N–H and O–H groups in total. The Hall–Kier alpha value is -1.27. The van der Waals surface area contributed by atoms with Crippen molar-refractivity contribution in [3.05, 3.63) is 22.2 Å². The van der Waals surface area contributed by atoms with E-state index in [0.717, 1.165) is 12.0 Å². The van der Waals surface area contributed by atoms with Crippen LogP contribution in [0.2, 0.25) is 0 Å². The molecule has 0 spiro atoms. The Morgan fingerprint density at radius 1 is 1.43 bits per heavy atom. The molecule has 0 aliphatic carbocycles. The van der Waals surface area contributed by atoms with Gasteiger partial charge in [0, 0.05) is 12.1 Å². The lowest BCUT2D eigenvalue weighted by Gasteiger charge is -2.24. The second kappa shape index (κ2) is 7.66. The minimum atomic E-state index is -0.245. The van der Waals surface area contributed by atoms with Crippen molar-refractivity contribution in [2.45, 2.75) is 39.3 Å². The van der Waals surface area contributed by atoms with Crippen LogP contribution in [0.4, 0.5) is 0 Å². The molecule has 0 bridgehead atoms. The Kier molecular flexibility index (Phi) is 6.48. The van der Waals surface area contributed by atoms with Crippen molar-refractivity contribution < 1.29 is 14.3 Å². The number of hydrogen-bond acceptors (Lipinski definition) is 4. The van der Waals surface area contributed by atoms with Gasteiger partial charge in [-0.15, -0.1) is 0 Å². The topological polar surface area (TPSA) is 73.6 Å². The molecule has 0 radical (unpaired) electrons. The normalized spacial score (nSPS) is 11.1. The van der Waals surface area contributed by atoms with Gasteiger partial charge in [0.05, 0.1) is 11.6 Å². The highest BCUT2D eigenvalue weighted by Gasteiger charge is 2.19. The van der Waals surface area contributed by atoms with Crippen LogP contribution in [0.3, 0.4) is 0 Å². The van der Waals surface area contributed by atoms with E-state index in [2.05, 4.69) is 21.2 Å². The number of benzene rings is 1.